The van der Waals surface area contributed by atoms with Crippen LogP contribution >= 0.6 is 0 Å². The van der Waals surface area contributed by atoms with Crippen molar-refractivity contribution in [1.29, 1.82) is 0 Å². The van der Waals surface area contributed by atoms with Crippen LogP contribution in [0.4, 0.5) is 5.82 Å². The second-order valence-electron chi connectivity index (χ2n) is 7.66. The molecule has 1 amide bonds. The van der Waals surface area contributed by atoms with Crippen LogP contribution in [-0.2, 0) is 7.05 Å². The van der Waals surface area contributed by atoms with Crippen LogP contribution < -0.4 is 11.3 Å². The Morgan fingerprint density at radius 1 is 1.17 bits per heavy atom. The lowest BCUT2D eigenvalue weighted by molar-refractivity contribution is 0.0780. The Hall–Kier alpha value is -3.68. The van der Waals surface area contributed by atoms with E-state index in [9.17, 15) is 14.4 Å². The molecule has 0 aliphatic carbocycles. The van der Waals surface area contributed by atoms with Gasteiger partial charge in [0.1, 0.15) is 5.82 Å². The van der Waals surface area contributed by atoms with Gasteiger partial charge >= 0.3 is 0 Å². The summed E-state index contributed by atoms with van der Waals surface area (Å²) in [6, 6.07) is 10.6. The van der Waals surface area contributed by atoms with Gasteiger partial charge in [-0.2, -0.15) is 5.10 Å². The predicted octanol–water partition coefficient (Wildman–Crippen LogP) is 1.81. The maximum absolute atomic E-state index is 13.0. The van der Waals surface area contributed by atoms with Gasteiger partial charge in [-0.05, 0) is 31.5 Å². The molecule has 4 rings (SSSR count). The number of carbonyl (C=O) groups is 2. The fourth-order valence-corrected chi connectivity index (χ4v) is 3.68. The Balaban J connectivity index is 1.50. The minimum atomic E-state index is -0.349. The Morgan fingerprint density at radius 3 is 2.60 bits per heavy atom. The van der Waals surface area contributed by atoms with Crippen LogP contribution in [0.15, 0.2) is 53.6 Å². The first-order valence-electron chi connectivity index (χ1n) is 9.76. The maximum Gasteiger partial charge on any atom is 0.254 e. The molecule has 8 heteroatoms. The first-order valence-corrected chi connectivity index (χ1v) is 9.76. The first kappa shape index (κ1) is 19.6. The standard InChI is InChI=1S/C22H23N5O3/c1-14-3-5-17(6-4-14)27-21(23)18(12-24-27)20(29)16-8-10-26(13-16)22(30)15-7-9-25(2)19(28)11-15/h3-7,9,11-12,16H,8,10,13,23H2,1-2H3/t16-/m1/s1. The lowest BCUT2D eigenvalue weighted by atomic mass is 9.98. The van der Waals surface area contributed by atoms with Crippen LogP contribution in [-0.4, -0.2) is 44.0 Å². The quantitative estimate of drug-likeness (QED) is 0.667. The number of ketones is 1. The van der Waals surface area contributed by atoms with Crippen molar-refractivity contribution < 1.29 is 9.59 Å². The lowest BCUT2D eigenvalue weighted by Crippen LogP contribution is -2.31. The Kier molecular flexibility index (Phi) is 4.99. The number of rotatable bonds is 4. The van der Waals surface area contributed by atoms with Gasteiger partial charge in [-0.3, -0.25) is 14.4 Å². The number of anilines is 1. The van der Waals surface area contributed by atoms with E-state index >= 15 is 0 Å². The zero-order valence-electron chi connectivity index (χ0n) is 16.9. The van der Waals surface area contributed by atoms with Crippen LogP contribution in [0.1, 0.15) is 32.7 Å². The van der Waals surface area contributed by atoms with E-state index in [-0.39, 0.29) is 23.2 Å². The van der Waals surface area contributed by atoms with E-state index < -0.39 is 0 Å². The summed E-state index contributed by atoms with van der Waals surface area (Å²) in [4.78, 5) is 39.2. The minimum Gasteiger partial charge on any atom is -0.383 e. The highest BCUT2D eigenvalue weighted by Gasteiger charge is 2.33. The zero-order chi connectivity index (χ0) is 21.4. The van der Waals surface area contributed by atoms with Crippen molar-refractivity contribution in [1.82, 2.24) is 19.2 Å². The molecule has 2 N–H and O–H groups in total. The number of carbonyl (C=O) groups excluding carboxylic acids is 2. The van der Waals surface area contributed by atoms with Crippen molar-refractivity contribution in [2.75, 3.05) is 18.8 Å². The fraction of sp³-hybridized carbons (Fsp3) is 0.273. The largest absolute Gasteiger partial charge is 0.383 e. The second-order valence-corrected chi connectivity index (χ2v) is 7.66. The number of benzene rings is 1. The average molecular weight is 405 g/mol. The number of nitrogens with zero attached hydrogens (tertiary/aromatic N) is 4. The number of nitrogens with two attached hydrogens (primary N) is 1. The summed E-state index contributed by atoms with van der Waals surface area (Å²) in [5, 5.41) is 4.28. The zero-order valence-corrected chi connectivity index (χ0v) is 16.9. The Morgan fingerprint density at radius 2 is 1.90 bits per heavy atom. The number of nitrogen functional groups attached to an aromatic ring is 1. The van der Waals surface area contributed by atoms with Gasteiger partial charge in [-0.15, -0.1) is 0 Å². The molecule has 154 valence electrons. The molecule has 1 atom stereocenters. The van der Waals surface area contributed by atoms with E-state index in [0.29, 0.717) is 36.5 Å². The smallest absolute Gasteiger partial charge is 0.254 e. The summed E-state index contributed by atoms with van der Waals surface area (Å²) < 4.78 is 2.95. The summed E-state index contributed by atoms with van der Waals surface area (Å²) in [5.74, 6) is -0.421. The molecular weight excluding hydrogens is 382 g/mol. The van der Waals surface area contributed by atoms with Crippen LogP contribution in [0, 0.1) is 12.8 Å². The van der Waals surface area contributed by atoms with Crippen molar-refractivity contribution in [3.63, 3.8) is 0 Å². The number of Topliss-reactive ketones (excluding diaryl/α,β-unsaturated/α-hetero) is 1. The van der Waals surface area contributed by atoms with Gasteiger partial charge < -0.3 is 15.2 Å². The molecule has 30 heavy (non-hydrogen) atoms. The van der Waals surface area contributed by atoms with Gasteiger partial charge in [0, 0.05) is 43.9 Å². The molecule has 1 aromatic carbocycles. The van der Waals surface area contributed by atoms with Gasteiger partial charge in [0.25, 0.3) is 11.5 Å². The summed E-state index contributed by atoms with van der Waals surface area (Å²) >= 11 is 0. The van der Waals surface area contributed by atoms with Crippen molar-refractivity contribution in [2.45, 2.75) is 13.3 Å². The number of pyridine rings is 1. The van der Waals surface area contributed by atoms with Gasteiger partial charge in [0.05, 0.1) is 17.4 Å². The summed E-state index contributed by atoms with van der Waals surface area (Å²) in [5.41, 5.74) is 8.57. The number of hydrogen-bond donors (Lipinski definition) is 1. The van der Waals surface area contributed by atoms with E-state index in [1.165, 1.54) is 16.8 Å². The van der Waals surface area contributed by atoms with E-state index in [1.54, 1.807) is 28.9 Å². The van der Waals surface area contributed by atoms with E-state index in [4.69, 9.17) is 5.73 Å². The lowest BCUT2D eigenvalue weighted by Gasteiger charge is -2.16. The predicted molar refractivity (Wildman–Crippen MR) is 113 cm³/mol. The molecule has 1 fully saturated rings. The molecule has 0 saturated carbocycles. The average Bonchev–Trinajstić information content (AvgIpc) is 3.37. The molecule has 1 saturated heterocycles. The number of aromatic nitrogens is 3. The van der Waals surface area contributed by atoms with Gasteiger partial charge in [-0.25, -0.2) is 4.68 Å². The third-order valence-electron chi connectivity index (χ3n) is 5.55. The van der Waals surface area contributed by atoms with E-state index in [0.717, 1.165) is 11.3 Å². The van der Waals surface area contributed by atoms with Gasteiger partial charge in [-0.1, -0.05) is 17.7 Å². The van der Waals surface area contributed by atoms with Gasteiger partial charge in [0.2, 0.25) is 0 Å². The Bertz CT molecular complexity index is 1180. The topological polar surface area (TPSA) is 103 Å². The highest BCUT2D eigenvalue weighted by molar-refractivity contribution is 6.03. The van der Waals surface area contributed by atoms with Crippen molar-refractivity contribution >= 4 is 17.5 Å². The van der Waals surface area contributed by atoms with Crippen molar-refractivity contribution in [2.24, 2.45) is 13.0 Å². The molecule has 3 aromatic rings. The van der Waals surface area contributed by atoms with Crippen molar-refractivity contribution in [3.8, 4) is 5.69 Å². The molecule has 1 aliphatic rings. The normalized spacial score (nSPS) is 16.1. The fourth-order valence-electron chi connectivity index (χ4n) is 3.68. The molecular formula is C22H23N5O3. The summed E-state index contributed by atoms with van der Waals surface area (Å²) in [6.07, 6.45) is 3.60. The molecule has 2 aromatic heterocycles. The molecule has 0 radical (unpaired) electrons. The Labute approximate surface area is 173 Å². The first-order chi connectivity index (χ1) is 14.3. The van der Waals surface area contributed by atoms with Crippen LogP contribution in [0.2, 0.25) is 0 Å². The molecule has 0 bridgehead atoms. The second kappa shape index (κ2) is 7.62. The molecule has 1 aliphatic heterocycles. The van der Waals surface area contributed by atoms with E-state index in [1.807, 2.05) is 31.2 Å². The number of hydrogen-bond acceptors (Lipinski definition) is 5. The SMILES string of the molecule is Cc1ccc(-n2ncc(C(=O)[C@@H]3CCN(C(=O)c4ccn(C)c(=O)c4)C3)c2N)cc1. The van der Waals surface area contributed by atoms with Gasteiger partial charge in [0.15, 0.2) is 5.78 Å². The third kappa shape index (κ3) is 3.52. The summed E-state index contributed by atoms with van der Waals surface area (Å²) in [7, 11) is 1.63. The number of likely N-dealkylation sites (tertiary alicyclic amines) is 1. The van der Waals surface area contributed by atoms with Crippen LogP contribution in [0.5, 0.6) is 0 Å². The number of aryl methyl sites for hydroxylation is 2. The van der Waals surface area contributed by atoms with Crippen LogP contribution in [0.25, 0.3) is 5.69 Å². The highest BCUT2D eigenvalue weighted by Crippen LogP contribution is 2.26. The molecule has 8 nitrogen and oxygen atoms in total. The van der Waals surface area contributed by atoms with Crippen LogP contribution in [0.3, 0.4) is 0 Å². The van der Waals surface area contributed by atoms with Crippen molar-refractivity contribution in [3.05, 3.63) is 75.8 Å². The minimum absolute atomic E-state index is 0.120. The monoisotopic (exact) mass is 405 g/mol. The molecule has 0 unspecified atom stereocenters. The maximum atomic E-state index is 13.0. The highest BCUT2D eigenvalue weighted by atomic mass is 16.2. The summed E-state index contributed by atoms with van der Waals surface area (Å²) in [6.45, 7) is 2.74. The number of amides is 1. The molecule has 3 heterocycles. The molecule has 0 spiro atoms. The third-order valence-corrected chi connectivity index (χ3v) is 5.55. The van der Waals surface area contributed by atoms with E-state index in [2.05, 4.69) is 5.10 Å².